The predicted molar refractivity (Wildman–Crippen MR) is 96.2 cm³/mol. The van der Waals surface area contributed by atoms with E-state index in [-0.39, 0.29) is 23.9 Å². The number of rotatable bonds is 6. The number of carbonyl (C=O) groups excluding carboxylic acids is 3. The molecule has 0 radical (unpaired) electrons. The summed E-state index contributed by atoms with van der Waals surface area (Å²) in [7, 11) is 0. The summed E-state index contributed by atoms with van der Waals surface area (Å²) in [6.07, 6.45) is 0.337. The molecule has 0 bridgehead atoms. The lowest BCUT2D eigenvalue weighted by molar-refractivity contribution is -0.115. The van der Waals surface area contributed by atoms with Crippen LogP contribution in [0.1, 0.15) is 39.6 Å². The summed E-state index contributed by atoms with van der Waals surface area (Å²) in [6, 6.07) is 11.2. The summed E-state index contributed by atoms with van der Waals surface area (Å²) in [4.78, 5) is 35.7. The standard InChI is InChI=1S/C19H18ClNO4/c1-3-18(23)21-16-10-14(5-4-12(16)2)19(24)25-11-17(22)13-6-8-15(20)9-7-13/h4-10H,3,11H2,1-2H3,(H,21,23). The van der Waals surface area contributed by atoms with Gasteiger partial charge in [-0.3, -0.25) is 9.59 Å². The zero-order chi connectivity index (χ0) is 18.4. The van der Waals surface area contributed by atoms with E-state index < -0.39 is 5.97 Å². The van der Waals surface area contributed by atoms with Gasteiger partial charge in [0.15, 0.2) is 12.4 Å². The molecule has 0 atom stereocenters. The third kappa shape index (κ3) is 5.16. The van der Waals surface area contributed by atoms with Gasteiger partial charge in [-0.2, -0.15) is 0 Å². The van der Waals surface area contributed by atoms with Crippen molar-refractivity contribution in [2.24, 2.45) is 0 Å². The van der Waals surface area contributed by atoms with Crippen LogP contribution in [0.25, 0.3) is 0 Å². The van der Waals surface area contributed by atoms with Crippen LogP contribution in [-0.4, -0.2) is 24.3 Å². The topological polar surface area (TPSA) is 72.5 Å². The molecule has 6 heteroatoms. The highest BCUT2D eigenvalue weighted by Crippen LogP contribution is 2.18. The van der Waals surface area contributed by atoms with E-state index in [9.17, 15) is 14.4 Å². The molecule has 0 heterocycles. The summed E-state index contributed by atoms with van der Waals surface area (Å²) in [5.74, 6) is -1.10. The lowest BCUT2D eigenvalue weighted by atomic mass is 10.1. The minimum atomic E-state index is -0.630. The van der Waals surface area contributed by atoms with Crippen LogP contribution in [0.5, 0.6) is 0 Å². The number of hydrogen-bond acceptors (Lipinski definition) is 4. The molecule has 0 aliphatic heterocycles. The van der Waals surface area contributed by atoms with Gasteiger partial charge in [-0.25, -0.2) is 4.79 Å². The molecule has 0 spiro atoms. The average Bonchev–Trinajstić information content (AvgIpc) is 2.61. The maximum atomic E-state index is 12.1. The Morgan fingerprint density at radius 2 is 1.68 bits per heavy atom. The first-order chi connectivity index (χ1) is 11.9. The molecule has 2 rings (SSSR count). The Morgan fingerprint density at radius 1 is 1.04 bits per heavy atom. The number of benzene rings is 2. The molecule has 2 aromatic carbocycles. The van der Waals surface area contributed by atoms with Crippen molar-refractivity contribution in [3.8, 4) is 0 Å². The summed E-state index contributed by atoms with van der Waals surface area (Å²) >= 11 is 5.77. The second-order valence-electron chi connectivity index (χ2n) is 5.44. The minimum absolute atomic E-state index is 0.147. The second-order valence-corrected chi connectivity index (χ2v) is 5.87. The SMILES string of the molecule is CCC(=O)Nc1cc(C(=O)OCC(=O)c2ccc(Cl)cc2)ccc1C. The van der Waals surface area contributed by atoms with Gasteiger partial charge in [0.1, 0.15) is 0 Å². The number of aryl methyl sites for hydroxylation is 1. The van der Waals surface area contributed by atoms with Crippen LogP contribution in [0.2, 0.25) is 5.02 Å². The van der Waals surface area contributed by atoms with E-state index in [0.717, 1.165) is 5.56 Å². The zero-order valence-electron chi connectivity index (χ0n) is 14.0. The molecular formula is C19H18ClNO4. The number of halogens is 1. The number of amides is 1. The zero-order valence-corrected chi connectivity index (χ0v) is 14.7. The maximum absolute atomic E-state index is 12.1. The van der Waals surface area contributed by atoms with Crippen molar-refractivity contribution in [2.45, 2.75) is 20.3 Å². The van der Waals surface area contributed by atoms with Crippen LogP contribution < -0.4 is 5.32 Å². The van der Waals surface area contributed by atoms with Crippen molar-refractivity contribution in [3.05, 3.63) is 64.2 Å². The molecule has 5 nitrogen and oxygen atoms in total. The number of Topliss-reactive ketones (excluding diaryl/α,β-unsaturated/α-hetero) is 1. The Morgan fingerprint density at radius 3 is 2.32 bits per heavy atom. The van der Waals surface area contributed by atoms with Gasteiger partial charge in [0.05, 0.1) is 5.56 Å². The predicted octanol–water partition coefficient (Wildman–Crippen LogP) is 4.04. The normalized spacial score (nSPS) is 10.2. The minimum Gasteiger partial charge on any atom is -0.454 e. The molecule has 25 heavy (non-hydrogen) atoms. The Balaban J connectivity index is 2.03. The molecule has 1 amide bonds. The number of nitrogens with one attached hydrogen (secondary N) is 1. The van der Waals surface area contributed by atoms with Gasteiger partial charge in [-0.1, -0.05) is 24.6 Å². The molecule has 0 unspecified atom stereocenters. The van der Waals surface area contributed by atoms with Crippen LogP contribution in [0.3, 0.4) is 0 Å². The lowest BCUT2D eigenvalue weighted by Gasteiger charge is -2.10. The van der Waals surface area contributed by atoms with Gasteiger partial charge in [-0.05, 0) is 48.9 Å². The van der Waals surface area contributed by atoms with Crippen LogP contribution in [0, 0.1) is 6.92 Å². The summed E-state index contributed by atoms with van der Waals surface area (Å²) in [5, 5.41) is 3.25. The maximum Gasteiger partial charge on any atom is 0.338 e. The van der Waals surface area contributed by atoms with Gasteiger partial charge in [0, 0.05) is 22.7 Å². The highest BCUT2D eigenvalue weighted by atomic mass is 35.5. The molecule has 0 saturated carbocycles. The van der Waals surface area contributed by atoms with Gasteiger partial charge in [0.25, 0.3) is 0 Å². The average molecular weight is 360 g/mol. The van der Waals surface area contributed by atoms with E-state index in [4.69, 9.17) is 16.3 Å². The van der Waals surface area contributed by atoms with Gasteiger partial charge in [-0.15, -0.1) is 0 Å². The van der Waals surface area contributed by atoms with Crippen molar-refractivity contribution in [3.63, 3.8) is 0 Å². The van der Waals surface area contributed by atoms with E-state index in [2.05, 4.69) is 5.32 Å². The van der Waals surface area contributed by atoms with Crippen LogP contribution in [0.4, 0.5) is 5.69 Å². The van der Waals surface area contributed by atoms with Crippen LogP contribution in [-0.2, 0) is 9.53 Å². The first kappa shape index (κ1) is 18.7. The van der Waals surface area contributed by atoms with Crippen LogP contribution in [0.15, 0.2) is 42.5 Å². The third-order valence-corrected chi connectivity index (χ3v) is 3.82. The largest absolute Gasteiger partial charge is 0.454 e. The summed E-state index contributed by atoms with van der Waals surface area (Å²) < 4.78 is 5.07. The van der Waals surface area contributed by atoms with E-state index in [1.165, 1.54) is 6.07 Å². The number of ketones is 1. The smallest absolute Gasteiger partial charge is 0.338 e. The fraction of sp³-hybridized carbons (Fsp3) is 0.211. The monoisotopic (exact) mass is 359 g/mol. The van der Waals surface area contributed by atoms with Crippen molar-refractivity contribution >= 4 is 34.9 Å². The number of ether oxygens (including phenoxy) is 1. The second kappa shape index (κ2) is 8.44. The molecule has 0 saturated heterocycles. The van der Waals surface area contributed by atoms with Crippen molar-refractivity contribution in [2.75, 3.05) is 11.9 Å². The van der Waals surface area contributed by atoms with Crippen molar-refractivity contribution < 1.29 is 19.1 Å². The number of hydrogen-bond donors (Lipinski definition) is 1. The fourth-order valence-electron chi connectivity index (χ4n) is 2.06. The van der Waals surface area contributed by atoms with E-state index in [1.54, 1.807) is 43.3 Å². The van der Waals surface area contributed by atoms with E-state index in [0.29, 0.717) is 22.7 Å². The Bertz CT molecular complexity index is 800. The molecule has 2 aromatic rings. The van der Waals surface area contributed by atoms with E-state index in [1.807, 2.05) is 6.92 Å². The third-order valence-electron chi connectivity index (χ3n) is 3.57. The number of esters is 1. The van der Waals surface area contributed by atoms with Gasteiger partial charge < -0.3 is 10.1 Å². The molecule has 130 valence electrons. The molecular weight excluding hydrogens is 342 g/mol. The molecule has 0 aliphatic carbocycles. The number of carbonyl (C=O) groups is 3. The van der Waals surface area contributed by atoms with Crippen LogP contribution >= 0.6 is 11.6 Å². The van der Waals surface area contributed by atoms with Gasteiger partial charge in [0.2, 0.25) is 5.91 Å². The Hall–Kier alpha value is -2.66. The molecule has 0 aromatic heterocycles. The first-order valence-electron chi connectivity index (χ1n) is 7.77. The summed E-state index contributed by atoms with van der Waals surface area (Å²) in [6.45, 7) is 3.20. The Kier molecular flexibility index (Phi) is 6.31. The highest BCUT2D eigenvalue weighted by Gasteiger charge is 2.14. The highest BCUT2D eigenvalue weighted by molar-refractivity contribution is 6.30. The Labute approximate surface area is 150 Å². The number of anilines is 1. The van der Waals surface area contributed by atoms with Crippen molar-refractivity contribution in [1.29, 1.82) is 0 Å². The fourth-order valence-corrected chi connectivity index (χ4v) is 2.18. The molecule has 0 fully saturated rings. The lowest BCUT2D eigenvalue weighted by Crippen LogP contribution is -2.15. The van der Waals surface area contributed by atoms with Crippen molar-refractivity contribution in [1.82, 2.24) is 0 Å². The summed E-state index contributed by atoms with van der Waals surface area (Å²) in [5.41, 5.74) is 2.05. The van der Waals surface area contributed by atoms with Gasteiger partial charge >= 0.3 is 5.97 Å². The quantitative estimate of drug-likeness (QED) is 0.624. The van der Waals surface area contributed by atoms with E-state index >= 15 is 0 Å². The molecule has 1 N–H and O–H groups in total. The first-order valence-corrected chi connectivity index (χ1v) is 8.15. The molecule has 0 aliphatic rings.